The van der Waals surface area contributed by atoms with Gasteiger partial charge in [0.15, 0.2) is 0 Å². The molecule has 1 fully saturated rings. The summed E-state index contributed by atoms with van der Waals surface area (Å²) >= 11 is 1.84. The molecule has 3 nitrogen and oxygen atoms in total. The van der Waals surface area contributed by atoms with Gasteiger partial charge >= 0.3 is 0 Å². The molecule has 184 valence electrons. The second kappa shape index (κ2) is 8.34. The number of thiophene rings is 1. The summed E-state index contributed by atoms with van der Waals surface area (Å²) in [6, 6.07) is 15.9. The predicted molar refractivity (Wildman–Crippen MR) is 154 cm³/mol. The quantitative estimate of drug-likeness (QED) is 0.246. The lowest BCUT2D eigenvalue weighted by molar-refractivity contribution is 0.224. The summed E-state index contributed by atoms with van der Waals surface area (Å²) in [6.45, 7) is 13.7. The third-order valence-electron chi connectivity index (χ3n) is 8.10. The number of fused-ring (bicyclic) bond motifs is 4. The summed E-state index contributed by atoms with van der Waals surface area (Å²) in [4.78, 5) is 14.5. The summed E-state index contributed by atoms with van der Waals surface area (Å²) < 4.78 is 2.50. The lowest BCUT2D eigenvalue weighted by Gasteiger charge is -2.34. The van der Waals surface area contributed by atoms with Crippen LogP contribution in [0.3, 0.4) is 0 Å². The van der Waals surface area contributed by atoms with E-state index in [1.807, 2.05) is 11.3 Å². The molecule has 0 N–H and O–H groups in total. The maximum Gasteiger partial charge on any atom is 0.116 e. The summed E-state index contributed by atoms with van der Waals surface area (Å²) in [7, 11) is 0. The molecule has 6 rings (SSSR count). The first-order valence-electron chi connectivity index (χ1n) is 13.2. The van der Waals surface area contributed by atoms with Crippen molar-refractivity contribution >= 4 is 42.5 Å². The second-order valence-corrected chi connectivity index (χ2v) is 13.5. The Balaban J connectivity index is 1.50. The number of pyridine rings is 1. The number of rotatable bonds is 2. The van der Waals surface area contributed by atoms with Crippen LogP contribution in [0.5, 0.6) is 0 Å². The molecule has 0 amide bonds. The summed E-state index contributed by atoms with van der Waals surface area (Å²) in [6.07, 6.45) is 6.92. The highest BCUT2D eigenvalue weighted by atomic mass is 32.1. The number of hydrogen-bond acceptors (Lipinski definition) is 4. The van der Waals surface area contributed by atoms with E-state index < -0.39 is 0 Å². The molecular weight excluding hydrogens is 458 g/mol. The molecule has 1 aliphatic carbocycles. The van der Waals surface area contributed by atoms with Crippen LogP contribution >= 0.6 is 11.3 Å². The minimum Gasteiger partial charge on any atom is -0.253 e. The van der Waals surface area contributed by atoms with Gasteiger partial charge in [0.05, 0.1) is 21.4 Å². The first kappa shape index (κ1) is 23.5. The maximum atomic E-state index is 4.91. The van der Waals surface area contributed by atoms with Crippen LogP contribution in [-0.2, 0) is 5.41 Å². The van der Waals surface area contributed by atoms with E-state index in [9.17, 15) is 0 Å². The van der Waals surface area contributed by atoms with Gasteiger partial charge < -0.3 is 0 Å². The third-order valence-corrected chi connectivity index (χ3v) is 9.25. The fourth-order valence-corrected chi connectivity index (χ4v) is 7.04. The molecule has 5 aromatic rings. The largest absolute Gasteiger partial charge is 0.253 e. The Hall–Kier alpha value is -2.85. The SMILES string of the molecule is Cc1ccc2cc(-c3ncnc4c3sc3cc(C5CCC(C)(C)CC5)ccc34)cc(C(C)(C)C)c2n1. The summed E-state index contributed by atoms with van der Waals surface area (Å²) in [5.74, 6) is 0.670. The first-order chi connectivity index (χ1) is 17.1. The molecule has 36 heavy (non-hydrogen) atoms. The van der Waals surface area contributed by atoms with Crippen LogP contribution in [0.4, 0.5) is 0 Å². The molecule has 2 aromatic carbocycles. The Kier molecular flexibility index (Phi) is 5.46. The fraction of sp³-hybridized carbons (Fsp3) is 0.406. The van der Waals surface area contributed by atoms with Crippen molar-refractivity contribution in [3.63, 3.8) is 0 Å². The van der Waals surface area contributed by atoms with Crippen LogP contribution in [0.25, 0.3) is 42.5 Å². The molecule has 3 heterocycles. The Morgan fingerprint density at radius 2 is 1.69 bits per heavy atom. The van der Waals surface area contributed by atoms with Gasteiger partial charge in [-0.15, -0.1) is 11.3 Å². The molecule has 3 aromatic heterocycles. The van der Waals surface area contributed by atoms with Crippen molar-refractivity contribution in [1.29, 1.82) is 0 Å². The van der Waals surface area contributed by atoms with E-state index >= 15 is 0 Å². The normalized spacial score (nSPS) is 16.8. The minimum absolute atomic E-state index is 0.0230. The second-order valence-electron chi connectivity index (χ2n) is 12.5. The molecule has 0 aliphatic heterocycles. The van der Waals surface area contributed by atoms with Gasteiger partial charge in [-0.3, -0.25) is 4.98 Å². The van der Waals surface area contributed by atoms with Crippen molar-refractivity contribution in [2.24, 2.45) is 5.41 Å². The Morgan fingerprint density at radius 3 is 2.44 bits per heavy atom. The highest BCUT2D eigenvalue weighted by Gasteiger charge is 2.28. The van der Waals surface area contributed by atoms with Crippen LogP contribution in [0.2, 0.25) is 0 Å². The van der Waals surface area contributed by atoms with Crippen LogP contribution in [0.1, 0.15) is 83.0 Å². The van der Waals surface area contributed by atoms with E-state index in [1.165, 1.54) is 57.0 Å². The van der Waals surface area contributed by atoms with Gasteiger partial charge in [-0.1, -0.05) is 52.8 Å². The molecular formula is C32H35N3S. The van der Waals surface area contributed by atoms with Crippen LogP contribution < -0.4 is 0 Å². The average molecular weight is 494 g/mol. The van der Waals surface area contributed by atoms with Crippen LogP contribution in [-0.4, -0.2) is 15.0 Å². The van der Waals surface area contributed by atoms with Gasteiger partial charge in [0, 0.05) is 26.7 Å². The van der Waals surface area contributed by atoms with Crippen molar-refractivity contribution in [3.8, 4) is 11.3 Å². The van der Waals surface area contributed by atoms with Gasteiger partial charge in [0.1, 0.15) is 6.33 Å². The molecule has 1 aliphatic rings. The van der Waals surface area contributed by atoms with Crippen molar-refractivity contribution < 1.29 is 0 Å². The topological polar surface area (TPSA) is 38.7 Å². The monoisotopic (exact) mass is 493 g/mol. The molecule has 0 bridgehead atoms. The molecule has 0 unspecified atom stereocenters. The van der Waals surface area contributed by atoms with Crippen molar-refractivity contribution in [3.05, 3.63) is 65.6 Å². The first-order valence-corrected chi connectivity index (χ1v) is 14.0. The molecule has 0 saturated heterocycles. The summed E-state index contributed by atoms with van der Waals surface area (Å²) in [5, 5.41) is 2.41. The standard InChI is InChI=1S/C32H35N3S/c1-19-7-8-22-15-23(16-25(27(22)35-19)31(2,3)4)28-30-29(34-18-33-28)24-10-9-21(17-26(24)36-30)20-11-13-32(5,6)14-12-20/h7-10,15-18,20H,11-14H2,1-6H3. The Morgan fingerprint density at radius 1 is 0.917 bits per heavy atom. The lowest BCUT2D eigenvalue weighted by atomic mass is 9.71. The van der Waals surface area contributed by atoms with Crippen LogP contribution in [0, 0.1) is 12.3 Å². The smallest absolute Gasteiger partial charge is 0.116 e. The van der Waals surface area contributed by atoms with E-state index in [0.29, 0.717) is 11.3 Å². The minimum atomic E-state index is -0.0230. The van der Waals surface area contributed by atoms with Gasteiger partial charge in [0.25, 0.3) is 0 Å². The van der Waals surface area contributed by atoms with Gasteiger partial charge in [-0.2, -0.15) is 0 Å². The molecule has 0 atom stereocenters. The number of aromatic nitrogens is 3. The van der Waals surface area contributed by atoms with Crippen LogP contribution in [0.15, 0.2) is 48.8 Å². The zero-order valence-corrected chi connectivity index (χ0v) is 23.1. The van der Waals surface area contributed by atoms with E-state index in [-0.39, 0.29) is 5.41 Å². The van der Waals surface area contributed by atoms with Crippen molar-refractivity contribution in [2.75, 3.05) is 0 Å². The van der Waals surface area contributed by atoms with E-state index in [4.69, 9.17) is 15.0 Å². The zero-order valence-electron chi connectivity index (χ0n) is 22.3. The highest BCUT2D eigenvalue weighted by molar-refractivity contribution is 7.26. The number of aryl methyl sites for hydroxylation is 1. The third kappa shape index (κ3) is 4.10. The Labute approximate surface area is 218 Å². The average Bonchev–Trinajstić information content (AvgIpc) is 3.20. The highest BCUT2D eigenvalue weighted by Crippen LogP contribution is 2.45. The summed E-state index contributed by atoms with van der Waals surface area (Å²) in [5.41, 5.74) is 8.58. The number of nitrogens with zero attached hydrogens (tertiary/aromatic N) is 3. The molecule has 1 saturated carbocycles. The number of hydrogen-bond donors (Lipinski definition) is 0. The number of benzene rings is 2. The fourth-order valence-electron chi connectivity index (χ4n) is 5.82. The van der Waals surface area contributed by atoms with Gasteiger partial charge in [-0.25, -0.2) is 9.97 Å². The lowest BCUT2D eigenvalue weighted by Crippen LogP contribution is -2.20. The molecule has 0 radical (unpaired) electrons. The van der Waals surface area contributed by atoms with E-state index in [1.54, 1.807) is 6.33 Å². The molecule has 0 spiro atoms. The maximum absolute atomic E-state index is 4.91. The predicted octanol–water partition coefficient (Wildman–Crippen LogP) is 9.35. The zero-order chi connectivity index (χ0) is 25.2. The van der Waals surface area contributed by atoms with E-state index in [0.717, 1.165) is 28.0 Å². The van der Waals surface area contributed by atoms with Crippen molar-refractivity contribution in [2.45, 2.75) is 78.6 Å². The molecule has 4 heteroatoms. The van der Waals surface area contributed by atoms with Gasteiger partial charge in [0.2, 0.25) is 0 Å². The van der Waals surface area contributed by atoms with Crippen molar-refractivity contribution in [1.82, 2.24) is 15.0 Å². The van der Waals surface area contributed by atoms with E-state index in [2.05, 4.69) is 84.0 Å². The Bertz CT molecular complexity index is 1610. The van der Waals surface area contributed by atoms with Gasteiger partial charge in [-0.05, 0) is 84.7 Å².